The maximum Gasteiger partial charge on any atom is 0.143 e. The number of nitrogens with zero attached hydrogens (tertiary/aromatic N) is 1. The third-order valence-corrected chi connectivity index (χ3v) is 10.9. The summed E-state index contributed by atoms with van der Waals surface area (Å²) in [6.07, 6.45) is 0. The normalized spacial score (nSPS) is 11.6. The van der Waals surface area contributed by atoms with Crippen LogP contribution in [0.5, 0.6) is 0 Å². The van der Waals surface area contributed by atoms with Crippen LogP contribution in [-0.2, 0) is 0 Å². The second kappa shape index (κ2) is 12.6. The Morgan fingerprint density at radius 1 is 0.309 bits per heavy atom. The summed E-state index contributed by atoms with van der Waals surface area (Å²) in [5, 5.41) is 6.91. The van der Waals surface area contributed by atoms with E-state index in [1.165, 1.54) is 27.5 Å². The van der Waals surface area contributed by atoms with Gasteiger partial charge in [-0.1, -0.05) is 152 Å². The molecule has 3 nitrogen and oxygen atoms in total. The lowest BCUT2D eigenvalue weighted by Gasteiger charge is -2.28. The average molecular weight is 704 g/mol. The molecule has 0 amide bonds. The van der Waals surface area contributed by atoms with Gasteiger partial charge in [0.1, 0.15) is 22.3 Å². The van der Waals surface area contributed by atoms with Crippen molar-refractivity contribution in [3.63, 3.8) is 0 Å². The molecule has 0 saturated carbocycles. The molecule has 0 fully saturated rings. The number of anilines is 3. The fourth-order valence-electron chi connectivity index (χ4n) is 8.36. The van der Waals surface area contributed by atoms with Gasteiger partial charge in [0.05, 0.1) is 5.69 Å². The van der Waals surface area contributed by atoms with Gasteiger partial charge in [-0.05, 0) is 75.5 Å². The van der Waals surface area contributed by atoms with Crippen LogP contribution >= 0.6 is 0 Å². The van der Waals surface area contributed by atoms with Crippen LogP contribution in [0, 0.1) is 0 Å². The van der Waals surface area contributed by atoms with Crippen molar-refractivity contribution in [2.45, 2.75) is 0 Å². The molecule has 3 heteroatoms. The zero-order valence-corrected chi connectivity index (χ0v) is 29.8. The third kappa shape index (κ3) is 5.13. The summed E-state index contributed by atoms with van der Waals surface area (Å²) in [5.41, 5.74) is 13.5. The van der Waals surface area contributed by atoms with Gasteiger partial charge in [0.25, 0.3) is 0 Å². The molecular weight excluding hydrogens is 671 g/mol. The predicted octanol–water partition coefficient (Wildman–Crippen LogP) is 15.1. The largest absolute Gasteiger partial charge is 0.456 e. The zero-order chi connectivity index (χ0) is 36.3. The van der Waals surface area contributed by atoms with Gasteiger partial charge in [-0.15, -0.1) is 0 Å². The van der Waals surface area contributed by atoms with Crippen LogP contribution in [0.4, 0.5) is 17.1 Å². The van der Waals surface area contributed by atoms with Crippen LogP contribution in [0.15, 0.2) is 209 Å². The lowest BCUT2D eigenvalue weighted by molar-refractivity contribution is 0.669. The standard InChI is InChI=1S/C52H33NO2/c1-2-15-38-34(13-1)14-11-21-41(38)40-17-4-3-16-39(40)35-27-29-36(30-28-35)53(37-31-32-45-43-19-6-9-25-49(43)54-51(45)33-37)48-24-8-5-18-42(48)46-22-12-23-47-44-20-7-10-26-50(44)55-52(46)47/h1-33H. The van der Waals surface area contributed by atoms with Crippen molar-refractivity contribution in [3.8, 4) is 33.4 Å². The molecule has 11 aromatic rings. The van der Waals surface area contributed by atoms with Crippen molar-refractivity contribution in [1.29, 1.82) is 0 Å². The van der Waals surface area contributed by atoms with E-state index in [0.717, 1.165) is 77.6 Å². The molecule has 0 bridgehead atoms. The maximum absolute atomic E-state index is 6.58. The Morgan fingerprint density at radius 3 is 1.69 bits per heavy atom. The molecule has 0 saturated heterocycles. The average Bonchev–Trinajstić information content (AvgIpc) is 3.82. The summed E-state index contributed by atoms with van der Waals surface area (Å²) in [7, 11) is 0. The van der Waals surface area contributed by atoms with Crippen molar-refractivity contribution >= 4 is 71.7 Å². The molecule has 0 unspecified atom stereocenters. The third-order valence-electron chi connectivity index (χ3n) is 10.9. The predicted molar refractivity (Wildman–Crippen MR) is 229 cm³/mol. The Bertz CT molecular complexity index is 3220. The van der Waals surface area contributed by atoms with E-state index in [9.17, 15) is 0 Å². The first-order valence-corrected chi connectivity index (χ1v) is 18.7. The summed E-state index contributed by atoms with van der Waals surface area (Å²) < 4.78 is 13.0. The van der Waals surface area contributed by atoms with E-state index in [0.29, 0.717) is 0 Å². The van der Waals surface area contributed by atoms with Crippen molar-refractivity contribution in [3.05, 3.63) is 200 Å². The molecule has 0 atom stereocenters. The van der Waals surface area contributed by atoms with Gasteiger partial charge >= 0.3 is 0 Å². The highest BCUT2D eigenvalue weighted by atomic mass is 16.3. The molecule has 0 spiro atoms. The molecule has 0 aliphatic carbocycles. The Labute approximate surface area is 317 Å². The highest BCUT2D eigenvalue weighted by molar-refractivity contribution is 6.11. The minimum absolute atomic E-state index is 0.848. The van der Waals surface area contributed by atoms with Crippen molar-refractivity contribution < 1.29 is 8.83 Å². The van der Waals surface area contributed by atoms with Crippen LogP contribution in [0.3, 0.4) is 0 Å². The number of hydrogen-bond acceptors (Lipinski definition) is 3. The van der Waals surface area contributed by atoms with Crippen LogP contribution in [0.1, 0.15) is 0 Å². The summed E-state index contributed by atoms with van der Waals surface area (Å²) in [5.74, 6) is 0. The Morgan fingerprint density at radius 2 is 0.855 bits per heavy atom. The monoisotopic (exact) mass is 703 g/mol. The molecule has 2 aromatic heterocycles. The SMILES string of the molecule is c1ccc(-c2cccc3ccccc23)c(-c2ccc(N(c3ccc4c(c3)oc3ccccc34)c3ccccc3-c3cccc4c3oc3ccccc34)cc2)c1. The van der Waals surface area contributed by atoms with E-state index in [-0.39, 0.29) is 0 Å². The Hall–Kier alpha value is -7.36. The number of furan rings is 2. The quantitative estimate of drug-likeness (QED) is 0.173. The Kier molecular flexibility index (Phi) is 7.17. The Balaban J connectivity index is 1.09. The molecule has 55 heavy (non-hydrogen) atoms. The van der Waals surface area contributed by atoms with E-state index in [1.54, 1.807) is 0 Å². The van der Waals surface area contributed by atoms with Crippen molar-refractivity contribution in [2.24, 2.45) is 0 Å². The van der Waals surface area contributed by atoms with Crippen LogP contribution < -0.4 is 4.90 Å². The maximum atomic E-state index is 6.58. The highest BCUT2D eigenvalue weighted by Crippen LogP contribution is 2.46. The van der Waals surface area contributed by atoms with Crippen molar-refractivity contribution in [2.75, 3.05) is 4.90 Å². The summed E-state index contributed by atoms with van der Waals surface area (Å²) in [4.78, 5) is 2.34. The minimum Gasteiger partial charge on any atom is -0.456 e. The second-order valence-corrected chi connectivity index (χ2v) is 14.0. The minimum atomic E-state index is 0.848. The van der Waals surface area contributed by atoms with Gasteiger partial charge in [-0.3, -0.25) is 0 Å². The molecule has 0 radical (unpaired) electrons. The molecule has 258 valence electrons. The molecule has 2 heterocycles. The van der Waals surface area contributed by atoms with E-state index in [4.69, 9.17) is 8.83 Å². The van der Waals surface area contributed by atoms with Crippen LogP contribution in [0.2, 0.25) is 0 Å². The molecule has 0 aliphatic rings. The molecule has 11 rings (SSSR count). The lowest BCUT2D eigenvalue weighted by atomic mass is 9.91. The first-order valence-electron chi connectivity index (χ1n) is 18.7. The summed E-state index contributed by atoms with van der Waals surface area (Å²) in [6.45, 7) is 0. The zero-order valence-electron chi connectivity index (χ0n) is 29.8. The molecular formula is C52H33NO2. The molecule has 0 aliphatic heterocycles. The fourth-order valence-corrected chi connectivity index (χ4v) is 8.36. The smallest absolute Gasteiger partial charge is 0.143 e. The molecule has 0 N–H and O–H groups in total. The van der Waals surface area contributed by atoms with Crippen molar-refractivity contribution in [1.82, 2.24) is 0 Å². The fraction of sp³-hybridized carbons (Fsp3) is 0. The summed E-state index contributed by atoms with van der Waals surface area (Å²) >= 11 is 0. The summed E-state index contributed by atoms with van der Waals surface area (Å²) in [6, 6.07) is 70.9. The molecule has 9 aromatic carbocycles. The van der Waals surface area contributed by atoms with Crippen LogP contribution in [0.25, 0.3) is 88.0 Å². The van der Waals surface area contributed by atoms with E-state index >= 15 is 0 Å². The van der Waals surface area contributed by atoms with E-state index in [2.05, 4.69) is 181 Å². The number of fused-ring (bicyclic) bond motifs is 7. The topological polar surface area (TPSA) is 29.5 Å². The second-order valence-electron chi connectivity index (χ2n) is 14.0. The van der Waals surface area contributed by atoms with E-state index in [1.807, 2.05) is 24.3 Å². The number of para-hydroxylation sites is 4. The number of rotatable bonds is 6. The first kappa shape index (κ1) is 31.2. The van der Waals surface area contributed by atoms with Gasteiger partial charge < -0.3 is 13.7 Å². The van der Waals surface area contributed by atoms with Gasteiger partial charge in [0, 0.05) is 50.1 Å². The number of benzene rings is 9. The lowest BCUT2D eigenvalue weighted by Crippen LogP contribution is -2.11. The van der Waals surface area contributed by atoms with E-state index < -0.39 is 0 Å². The van der Waals surface area contributed by atoms with Gasteiger partial charge in [-0.25, -0.2) is 0 Å². The van der Waals surface area contributed by atoms with Gasteiger partial charge in [-0.2, -0.15) is 0 Å². The van der Waals surface area contributed by atoms with Crippen LogP contribution in [-0.4, -0.2) is 0 Å². The number of hydrogen-bond donors (Lipinski definition) is 0. The highest BCUT2D eigenvalue weighted by Gasteiger charge is 2.22. The van der Waals surface area contributed by atoms with Gasteiger partial charge in [0.15, 0.2) is 0 Å². The first-order chi connectivity index (χ1) is 27.3. The van der Waals surface area contributed by atoms with Gasteiger partial charge in [0.2, 0.25) is 0 Å².